The van der Waals surface area contributed by atoms with E-state index in [-0.39, 0.29) is 5.60 Å². The lowest BCUT2D eigenvalue weighted by atomic mass is 9.74. The minimum absolute atomic E-state index is 0.146. The van der Waals surface area contributed by atoms with Crippen LogP contribution in [0.5, 0.6) is 5.75 Å². The van der Waals surface area contributed by atoms with Gasteiger partial charge in [-0.1, -0.05) is 79.2 Å². The second kappa shape index (κ2) is 5.77. The van der Waals surface area contributed by atoms with Crippen molar-refractivity contribution in [2.75, 3.05) is 0 Å². The average molecular weight is 326 g/mol. The zero-order chi connectivity index (χ0) is 16.7. The van der Waals surface area contributed by atoms with Gasteiger partial charge in [-0.3, -0.25) is 0 Å². The van der Waals surface area contributed by atoms with E-state index in [1.165, 1.54) is 47.1 Å². The summed E-state index contributed by atoms with van der Waals surface area (Å²) in [5.41, 5.74) is 6.25. The maximum absolute atomic E-state index is 6.87. The van der Waals surface area contributed by atoms with Gasteiger partial charge in [0.1, 0.15) is 11.4 Å². The molecule has 25 heavy (non-hydrogen) atoms. The van der Waals surface area contributed by atoms with Crippen LogP contribution >= 0.6 is 0 Å². The Balaban J connectivity index is 1.76. The summed E-state index contributed by atoms with van der Waals surface area (Å²) in [4.78, 5) is 0. The Kier molecular flexibility index (Phi) is 3.41. The van der Waals surface area contributed by atoms with Crippen molar-refractivity contribution in [3.05, 3.63) is 78.4 Å². The summed E-state index contributed by atoms with van der Waals surface area (Å²) in [6.07, 6.45) is 6.05. The Labute approximate surface area is 149 Å². The lowest BCUT2D eigenvalue weighted by molar-refractivity contribution is 0.0246. The third-order valence-corrected chi connectivity index (χ3v) is 5.77. The quantitative estimate of drug-likeness (QED) is 0.491. The van der Waals surface area contributed by atoms with Gasteiger partial charge in [0.15, 0.2) is 0 Å². The van der Waals surface area contributed by atoms with Gasteiger partial charge in [-0.2, -0.15) is 0 Å². The molecule has 2 aliphatic rings. The normalized spacial score (nSPS) is 17.4. The van der Waals surface area contributed by atoms with E-state index in [1.54, 1.807) is 0 Å². The standard InChI is InChI=1S/C24H22O/c1-3-10-18(11-4-1)19-13-9-14-21-20-12-5-6-15-22(20)24(25-23(19)21)16-7-2-8-17-24/h1,3-6,9-15H,2,7-8,16-17H2. The SMILES string of the molecule is c1ccc(-c2cccc3c2OC2(CCCCC2)c2ccccc2-3)cc1. The average Bonchev–Trinajstić information content (AvgIpc) is 2.69. The molecule has 1 fully saturated rings. The van der Waals surface area contributed by atoms with Gasteiger partial charge in [0.05, 0.1) is 0 Å². The van der Waals surface area contributed by atoms with E-state index in [2.05, 4.69) is 72.8 Å². The highest BCUT2D eigenvalue weighted by molar-refractivity contribution is 5.85. The van der Waals surface area contributed by atoms with Gasteiger partial charge in [0, 0.05) is 16.7 Å². The number of para-hydroxylation sites is 1. The smallest absolute Gasteiger partial charge is 0.136 e. The Morgan fingerprint density at radius 3 is 2.12 bits per heavy atom. The molecular formula is C24H22O. The largest absolute Gasteiger partial charge is 0.481 e. The molecule has 3 aromatic carbocycles. The lowest BCUT2D eigenvalue weighted by Crippen LogP contribution is -2.38. The summed E-state index contributed by atoms with van der Waals surface area (Å²) in [5, 5.41) is 0. The monoisotopic (exact) mass is 326 g/mol. The molecular weight excluding hydrogens is 304 g/mol. The van der Waals surface area contributed by atoms with Crippen molar-refractivity contribution in [3.8, 4) is 28.0 Å². The fourth-order valence-electron chi connectivity index (χ4n) is 4.56. The molecule has 0 radical (unpaired) electrons. The van der Waals surface area contributed by atoms with Crippen LogP contribution in [0.2, 0.25) is 0 Å². The number of hydrogen-bond acceptors (Lipinski definition) is 1. The maximum Gasteiger partial charge on any atom is 0.136 e. The van der Waals surface area contributed by atoms with Crippen molar-refractivity contribution in [3.63, 3.8) is 0 Å². The van der Waals surface area contributed by atoms with Crippen molar-refractivity contribution in [1.29, 1.82) is 0 Å². The first-order valence-corrected chi connectivity index (χ1v) is 9.35. The van der Waals surface area contributed by atoms with E-state index in [0.717, 1.165) is 18.6 Å². The minimum Gasteiger partial charge on any atom is -0.481 e. The predicted molar refractivity (Wildman–Crippen MR) is 103 cm³/mol. The minimum atomic E-state index is -0.146. The van der Waals surface area contributed by atoms with Gasteiger partial charge >= 0.3 is 0 Å². The van der Waals surface area contributed by atoms with Crippen LogP contribution < -0.4 is 4.74 Å². The van der Waals surface area contributed by atoms with E-state index in [4.69, 9.17) is 4.74 Å². The molecule has 0 bridgehead atoms. The molecule has 0 amide bonds. The molecule has 0 unspecified atom stereocenters. The van der Waals surface area contributed by atoms with Gasteiger partial charge in [0.2, 0.25) is 0 Å². The van der Waals surface area contributed by atoms with Gasteiger partial charge in [-0.15, -0.1) is 0 Å². The molecule has 1 nitrogen and oxygen atoms in total. The van der Waals surface area contributed by atoms with Crippen LogP contribution in [-0.2, 0) is 5.60 Å². The molecule has 1 aliphatic carbocycles. The molecule has 124 valence electrons. The van der Waals surface area contributed by atoms with Crippen LogP contribution in [-0.4, -0.2) is 0 Å². The van der Waals surface area contributed by atoms with Crippen LogP contribution in [0.4, 0.5) is 0 Å². The fourth-order valence-corrected chi connectivity index (χ4v) is 4.56. The van der Waals surface area contributed by atoms with Gasteiger partial charge in [-0.05, 0) is 36.8 Å². The molecule has 1 heteroatoms. The summed E-state index contributed by atoms with van der Waals surface area (Å²) in [7, 11) is 0. The molecule has 0 aromatic heterocycles. The highest BCUT2D eigenvalue weighted by Gasteiger charge is 2.42. The molecule has 1 aliphatic heterocycles. The second-order valence-corrected chi connectivity index (χ2v) is 7.25. The van der Waals surface area contributed by atoms with Gasteiger partial charge < -0.3 is 4.74 Å². The number of rotatable bonds is 1. The van der Waals surface area contributed by atoms with E-state index >= 15 is 0 Å². The van der Waals surface area contributed by atoms with Crippen molar-refractivity contribution < 1.29 is 4.74 Å². The van der Waals surface area contributed by atoms with Crippen molar-refractivity contribution >= 4 is 0 Å². The number of ether oxygens (including phenoxy) is 1. The summed E-state index contributed by atoms with van der Waals surface area (Å²) < 4.78 is 6.87. The Hall–Kier alpha value is -2.54. The van der Waals surface area contributed by atoms with Crippen molar-refractivity contribution in [2.45, 2.75) is 37.7 Å². The second-order valence-electron chi connectivity index (χ2n) is 7.25. The van der Waals surface area contributed by atoms with Gasteiger partial charge in [0.25, 0.3) is 0 Å². The number of fused-ring (bicyclic) bond motifs is 4. The molecule has 1 heterocycles. The highest BCUT2D eigenvalue weighted by Crippen LogP contribution is 2.53. The van der Waals surface area contributed by atoms with Crippen molar-refractivity contribution in [2.24, 2.45) is 0 Å². The first kappa shape index (κ1) is 14.8. The first-order chi connectivity index (χ1) is 12.4. The summed E-state index contributed by atoms with van der Waals surface area (Å²) in [5.74, 6) is 1.06. The fraction of sp³-hybridized carbons (Fsp3) is 0.250. The van der Waals surface area contributed by atoms with Crippen LogP contribution in [0.15, 0.2) is 72.8 Å². The summed E-state index contributed by atoms with van der Waals surface area (Å²) in [6, 6.07) is 26.0. The molecule has 5 rings (SSSR count). The highest BCUT2D eigenvalue weighted by atomic mass is 16.5. The molecule has 1 spiro atoms. The first-order valence-electron chi connectivity index (χ1n) is 9.35. The van der Waals surface area contributed by atoms with E-state index in [1.807, 2.05) is 0 Å². The molecule has 0 atom stereocenters. The van der Waals surface area contributed by atoms with Crippen molar-refractivity contribution in [1.82, 2.24) is 0 Å². The summed E-state index contributed by atoms with van der Waals surface area (Å²) >= 11 is 0. The molecule has 0 saturated heterocycles. The van der Waals surface area contributed by atoms with Crippen LogP contribution in [0.1, 0.15) is 37.7 Å². The lowest BCUT2D eigenvalue weighted by Gasteiger charge is -2.43. The van der Waals surface area contributed by atoms with E-state index in [0.29, 0.717) is 0 Å². The number of benzene rings is 3. The third kappa shape index (κ3) is 2.30. The molecule has 1 saturated carbocycles. The van der Waals surface area contributed by atoms with E-state index < -0.39 is 0 Å². The van der Waals surface area contributed by atoms with Crippen LogP contribution in [0.25, 0.3) is 22.3 Å². The Bertz CT molecular complexity index is 890. The predicted octanol–water partition coefficient (Wildman–Crippen LogP) is 6.57. The topological polar surface area (TPSA) is 9.23 Å². The molecule has 3 aromatic rings. The van der Waals surface area contributed by atoms with Gasteiger partial charge in [-0.25, -0.2) is 0 Å². The Morgan fingerprint density at radius 1 is 0.600 bits per heavy atom. The Morgan fingerprint density at radius 2 is 1.28 bits per heavy atom. The maximum atomic E-state index is 6.87. The summed E-state index contributed by atoms with van der Waals surface area (Å²) in [6.45, 7) is 0. The number of hydrogen-bond donors (Lipinski definition) is 0. The van der Waals surface area contributed by atoms with Crippen LogP contribution in [0, 0.1) is 0 Å². The third-order valence-electron chi connectivity index (χ3n) is 5.77. The van der Waals surface area contributed by atoms with E-state index in [9.17, 15) is 0 Å². The zero-order valence-electron chi connectivity index (χ0n) is 14.4. The van der Waals surface area contributed by atoms with Crippen LogP contribution in [0.3, 0.4) is 0 Å². The molecule has 0 N–H and O–H groups in total. The zero-order valence-corrected chi connectivity index (χ0v) is 14.4.